The van der Waals surface area contributed by atoms with E-state index in [9.17, 15) is 9.59 Å². The first kappa shape index (κ1) is 21.9. The maximum Gasteiger partial charge on any atom is 0.337 e. The number of rotatable bonds is 7. The zero-order valence-electron chi connectivity index (χ0n) is 17.9. The zero-order chi connectivity index (χ0) is 22.7. The van der Waals surface area contributed by atoms with Gasteiger partial charge in [-0.05, 0) is 48.4 Å². The van der Waals surface area contributed by atoms with Gasteiger partial charge in [0.1, 0.15) is 11.9 Å². The molecule has 4 rings (SSSR count). The Morgan fingerprint density at radius 1 is 1.25 bits per heavy atom. The largest absolute Gasteiger partial charge is 0.486 e. The van der Waals surface area contributed by atoms with Gasteiger partial charge < -0.3 is 14.8 Å². The highest BCUT2D eigenvalue weighted by atomic mass is 35.5. The van der Waals surface area contributed by atoms with Gasteiger partial charge in [-0.25, -0.2) is 4.79 Å². The lowest BCUT2D eigenvalue weighted by Gasteiger charge is -2.12. The number of aryl methyl sites for hydroxylation is 2. The molecule has 0 radical (unpaired) electrons. The summed E-state index contributed by atoms with van der Waals surface area (Å²) in [5.41, 5.74) is 4.13. The van der Waals surface area contributed by atoms with Crippen molar-refractivity contribution < 1.29 is 19.1 Å². The number of halogens is 1. The number of methoxy groups -OCH3 is 1. The van der Waals surface area contributed by atoms with Gasteiger partial charge in [0, 0.05) is 31.1 Å². The Morgan fingerprint density at radius 2 is 2.09 bits per heavy atom. The van der Waals surface area contributed by atoms with Crippen LogP contribution in [0.2, 0.25) is 5.02 Å². The molecule has 3 aromatic rings. The molecule has 0 unspecified atom stereocenters. The number of hydrogen-bond acceptors (Lipinski definition) is 5. The summed E-state index contributed by atoms with van der Waals surface area (Å²) in [6.07, 6.45) is 2.66. The molecule has 0 fully saturated rings. The summed E-state index contributed by atoms with van der Waals surface area (Å²) < 4.78 is 12.5. The summed E-state index contributed by atoms with van der Waals surface area (Å²) >= 11 is 6.49. The standard InChI is InChI=1S/C24H24ClN3O4/c1-15-6-8-28(27-15)9-7-22(29)26-14-20-12-19-11-18(13-21(25)23(19)32-20)16-4-3-5-17(10-16)24(30)31-2/h3-6,8,10-11,13,20H,7,9,12,14H2,1-2H3,(H,26,29)/t20-/m1/s1. The van der Waals surface area contributed by atoms with Crippen molar-refractivity contribution >= 4 is 23.5 Å². The summed E-state index contributed by atoms with van der Waals surface area (Å²) in [7, 11) is 1.36. The summed E-state index contributed by atoms with van der Waals surface area (Å²) in [5, 5.41) is 7.71. The smallest absolute Gasteiger partial charge is 0.337 e. The predicted molar refractivity (Wildman–Crippen MR) is 121 cm³/mol. The second kappa shape index (κ2) is 9.44. The summed E-state index contributed by atoms with van der Waals surface area (Å²) in [6.45, 7) is 2.85. The van der Waals surface area contributed by atoms with E-state index in [0.29, 0.717) is 42.3 Å². The van der Waals surface area contributed by atoms with E-state index in [2.05, 4.69) is 10.4 Å². The molecule has 1 aromatic heterocycles. The number of amides is 1. The SMILES string of the molecule is COC(=O)c1cccc(-c2cc(Cl)c3c(c2)C[C@H](CNC(=O)CCn2ccc(C)n2)O3)c1. The second-order valence-corrected chi connectivity index (χ2v) is 8.14. The van der Waals surface area contributed by atoms with Crippen molar-refractivity contribution in [2.24, 2.45) is 0 Å². The first-order valence-corrected chi connectivity index (χ1v) is 10.8. The monoisotopic (exact) mass is 453 g/mol. The molecule has 0 aliphatic carbocycles. The van der Waals surface area contributed by atoms with Gasteiger partial charge >= 0.3 is 5.97 Å². The first-order chi connectivity index (χ1) is 15.4. The molecule has 0 saturated carbocycles. The molecule has 0 spiro atoms. The van der Waals surface area contributed by atoms with E-state index in [1.165, 1.54) is 7.11 Å². The van der Waals surface area contributed by atoms with Gasteiger partial charge in [-0.1, -0.05) is 23.7 Å². The average molecular weight is 454 g/mol. The summed E-state index contributed by atoms with van der Waals surface area (Å²) in [5.74, 6) is 0.205. The van der Waals surface area contributed by atoms with Crippen molar-refractivity contribution in [3.05, 3.63) is 70.5 Å². The maximum atomic E-state index is 12.2. The highest BCUT2D eigenvalue weighted by Crippen LogP contribution is 2.39. The van der Waals surface area contributed by atoms with Crippen LogP contribution in [-0.4, -0.2) is 41.4 Å². The van der Waals surface area contributed by atoms with E-state index >= 15 is 0 Å². The minimum absolute atomic E-state index is 0.0517. The minimum Gasteiger partial charge on any atom is -0.486 e. The van der Waals surface area contributed by atoms with Gasteiger partial charge in [-0.3, -0.25) is 9.48 Å². The first-order valence-electron chi connectivity index (χ1n) is 10.4. The Kier molecular flexibility index (Phi) is 6.46. The third kappa shape index (κ3) is 4.94. The van der Waals surface area contributed by atoms with Gasteiger partial charge in [-0.2, -0.15) is 5.10 Å². The van der Waals surface area contributed by atoms with Crippen molar-refractivity contribution in [3.63, 3.8) is 0 Å². The van der Waals surface area contributed by atoms with E-state index in [0.717, 1.165) is 22.4 Å². The average Bonchev–Trinajstić information content (AvgIpc) is 3.41. The molecule has 0 bridgehead atoms. The van der Waals surface area contributed by atoms with Crippen LogP contribution < -0.4 is 10.1 Å². The molecule has 1 amide bonds. The van der Waals surface area contributed by atoms with Crippen molar-refractivity contribution in [2.75, 3.05) is 13.7 Å². The van der Waals surface area contributed by atoms with Crippen LogP contribution in [0.15, 0.2) is 48.7 Å². The van der Waals surface area contributed by atoms with Crippen LogP contribution in [0.25, 0.3) is 11.1 Å². The topological polar surface area (TPSA) is 82.5 Å². The third-order valence-electron chi connectivity index (χ3n) is 5.34. The quantitative estimate of drug-likeness (QED) is 0.550. The highest BCUT2D eigenvalue weighted by Gasteiger charge is 2.26. The van der Waals surface area contributed by atoms with E-state index < -0.39 is 0 Å². The normalized spacial score (nSPS) is 14.5. The molecule has 166 valence electrons. The number of nitrogens with zero attached hydrogens (tertiary/aromatic N) is 2. The van der Waals surface area contributed by atoms with Crippen LogP contribution in [0.4, 0.5) is 0 Å². The van der Waals surface area contributed by atoms with Gasteiger partial charge in [-0.15, -0.1) is 0 Å². The Labute approximate surface area is 191 Å². The second-order valence-electron chi connectivity index (χ2n) is 7.74. The highest BCUT2D eigenvalue weighted by molar-refractivity contribution is 6.32. The molecule has 7 nitrogen and oxygen atoms in total. The van der Waals surface area contributed by atoms with Crippen molar-refractivity contribution in [2.45, 2.75) is 32.4 Å². The number of benzene rings is 2. The number of nitrogens with one attached hydrogen (secondary N) is 1. The summed E-state index contributed by atoms with van der Waals surface area (Å²) in [4.78, 5) is 24.0. The van der Waals surface area contributed by atoms with Crippen LogP contribution in [-0.2, 0) is 22.5 Å². The Balaban J connectivity index is 1.38. The zero-order valence-corrected chi connectivity index (χ0v) is 18.7. The summed E-state index contributed by atoms with van der Waals surface area (Å²) in [6, 6.07) is 13.0. The molecule has 1 N–H and O–H groups in total. The van der Waals surface area contributed by atoms with Crippen molar-refractivity contribution in [1.29, 1.82) is 0 Å². The molecule has 8 heteroatoms. The van der Waals surface area contributed by atoms with Crippen molar-refractivity contribution in [1.82, 2.24) is 15.1 Å². The van der Waals surface area contributed by atoms with E-state index in [1.807, 2.05) is 43.5 Å². The number of hydrogen-bond donors (Lipinski definition) is 1. The molecular formula is C24H24ClN3O4. The van der Waals surface area contributed by atoms with Crippen LogP contribution in [0, 0.1) is 6.92 Å². The van der Waals surface area contributed by atoms with E-state index in [-0.39, 0.29) is 18.0 Å². The maximum absolute atomic E-state index is 12.2. The molecule has 1 aliphatic rings. The number of carbonyl (C=O) groups is 2. The van der Waals surface area contributed by atoms with Crippen molar-refractivity contribution in [3.8, 4) is 16.9 Å². The molecule has 1 atom stereocenters. The number of esters is 1. The Bertz CT molecular complexity index is 1160. The predicted octanol–water partition coefficient (Wildman–Crippen LogP) is 3.81. The number of ether oxygens (including phenoxy) is 2. The van der Waals surface area contributed by atoms with Crippen LogP contribution >= 0.6 is 11.6 Å². The fourth-order valence-corrected chi connectivity index (χ4v) is 4.02. The molecule has 0 saturated heterocycles. The molecule has 32 heavy (non-hydrogen) atoms. The lowest BCUT2D eigenvalue weighted by atomic mass is 9.99. The fourth-order valence-electron chi connectivity index (χ4n) is 3.73. The Morgan fingerprint density at radius 3 is 2.84 bits per heavy atom. The van der Waals surface area contributed by atoms with Gasteiger partial charge in [0.15, 0.2) is 0 Å². The lowest BCUT2D eigenvalue weighted by Crippen LogP contribution is -2.34. The third-order valence-corrected chi connectivity index (χ3v) is 5.62. The molecule has 1 aliphatic heterocycles. The molecular weight excluding hydrogens is 430 g/mol. The number of carbonyl (C=O) groups excluding carboxylic acids is 2. The fraction of sp³-hybridized carbons (Fsp3) is 0.292. The van der Waals surface area contributed by atoms with Crippen LogP contribution in [0.5, 0.6) is 5.75 Å². The number of aromatic nitrogens is 2. The van der Waals surface area contributed by atoms with Gasteiger partial charge in [0.05, 0.1) is 29.9 Å². The lowest BCUT2D eigenvalue weighted by molar-refractivity contribution is -0.121. The minimum atomic E-state index is -0.388. The van der Waals surface area contributed by atoms with Gasteiger partial charge in [0.2, 0.25) is 5.91 Å². The molecule has 2 heterocycles. The molecule has 2 aromatic carbocycles. The Hall–Kier alpha value is -3.32. The van der Waals surface area contributed by atoms with Crippen LogP contribution in [0.3, 0.4) is 0 Å². The van der Waals surface area contributed by atoms with Gasteiger partial charge in [0.25, 0.3) is 0 Å². The van der Waals surface area contributed by atoms with E-state index in [4.69, 9.17) is 21.1 Å². The van der Waals surface area contributed by atoms with Crippen LogP contribution in [0.1, 0.15) is 28.0 Å². The van der Waals surface area contributed by atoms with E-state index in [1.54, 1.807) is 16.8 Å². The number of fused-ring (bicyclic) bond motifs is 1.